The van der Waals surface area contributed by atoms with Crippen LogP contribution in [-0.2, 0) is 6.42 Å². The Morgan fingerprint density at radius 1 is 1.38 bits per heavy atom. The molecule has 0 spiro atoms. The predicted octanol–water partition coefficient (Wildman–Crippen LogP) is 2.69. The van der Waals surface area contributed by atoms with Crippen molar-refractivity contribution in [2.45, 2.75) is 26.7 Å². The van der Waals surface area contributed by atoms with Crippen molar-refractivity contribution >= 4 is 15.9 Å². The van der Waals surface area contributed by atoms with Gasteiger partial charge in [0.2, 0.25) is 0 Å². The number of hydrogen-bond donors (Lipinski definition) is 0. The zero-order valence-corrected chi connectivity index (χ0v) is 10.9. The standard InChI is InChI=1S/C11H13BrN4/c1-3-4-11-13-14-15-16(11)9-6-5-8(2)10(12)7-9/h5-7H,3-4H2,1-2H3. The minimum Gasteiger partial charge on any atom is -0.197 e. The Hall–Kier alpha value is -1.23. The average Bonchev–Trinajstić information content (AvgIpc) is 2.71. The van der Waals surface area contributed by atoms with E-state index >= 15 is 0 Å². The first-order valence-corrected chi connectivity index (χ1v) is 6.05. The molecule has 2 rings (SSSR count). The van der Waals surface area contributed by atoms with Crippen LogP contribution in [0, 0.1) is 6.92 Å². The maximum Gasteiger partial charge on any atom is 0.156 e. The monoisotopic (exact) mass is 280 g/mol. The van der Waals surface area contributed by atoms with Gasteiger partial charge in [0.25, 0.3) is 0 Å². The number of rotatable bonds is 3. The largest absolute Gasteiger partial charge is 0.197 e. The summed E-state index contributed by atoms with van der Waals surface area (Å²) in [5.41, 5.74) is 2.19. The van der Waals surface area contributed by atoms with Gasteiger partial charge < -0.3 is 0 Å². The third kappa shape index (κ3) is 2.14. The molecule has 0 saturated carbocycles. The summed E-state index contributed by atoms with van der Waals surface area (Å²) in [6.07, 6.45) is 1.92. The van der Waals surface area contributed by atoms with Crippen molar-refractivity contribution < 1.29 is 0 Å². The molecule has 1 aromatic heterocycles. The number of aromatic nitrogens is 4. The summed E-state index contributed by atoms with van der Waals surface area (Å²) >= 11 is 3.51. The summed E-state index contributed by atoms with van der Waals surface area (Å²) in [5.74, 6) is 0.901. The van der Waals surface area contributed by atoms with Crippen LogP contribution in [0.15, 0.2) is 22.7 Å². The van der Waals surface area contributed by atoms with Gasteiger partial charge in [-0.25, -0.2) is 0 Å². The van der Waals surface area contributed by atoms with E-state index in [2.05, 4.69) is 51.4 Å². The second kappa shape index (κ2) is 4.74. The Labute approximate surface area is 103 Å². The van der Waals surface area contributed by atoms with Crippen LogP contribution in [0.3, 0.4) is 0 Å². The lowest BCUT2D eigenvalue weighted by Crippen LogP contribution is -2.03. The van der Waals surface area contributed by atoms with Crippen molar-refractivity contribution in [3.63, 3.8) is 0 Å². The molecule has 0 bridgehead atoms. The number of hydrogen-bond acceptors (Lipinski definition) is 3. The van der Waals surface area contributed by atoms with Crippen molar-refractivity contribution in [1.82, 2.24) is 20.2 Å². The predicted molar refractivity (Wildman–Crippen MR) is 65.6 cm³/mol. The smallest absolute Gasteiger partial charge is 0.156 e. The molecule has 0 fully saturated rings. The Bertz CT molecular complexity index is 492. The lowest BCUT2D eigenvalue weighted by molar-refractivity contribution is 0.744. The molecular weight excluding hydrogens is 268 g/mol. The number of halogens is 1. The molecule has 4 nitrogen and oxygen atoms in total. The highest BCUT2D eigenvalue weighted by Crippen LogP contribution is 2.20. The normalized spacial score (nSPS) is 10.7. The van der Waals surface area contributed by atoms with E-state index in [1.54, 1.807) is 4.68 Å². The number of benzene rings is 1. The van der Waals surface area contributed by atoms with Gasteiger partial charge in [-0.1, -0.05) is 28.9 Å². The Kier molecular flexibility index (Phi) is 3.33. The van der Waals surface area contributed by atoms with Crippen LogP contribution in [-0.4, -0.2) is 20.2 Å². The summed E-state index contributed by atoms with van der Waals surface area (Å²) in [7, 11) is 0. The first-order chi connectivity index (χ1) is 7.72. The molecule has 5 heteroatoms. The molecule has 16 heavy (non-hydrogen) atoms. The van der Waals surface area contributed by atoms with Gasteiger partial charge in [0, 0.05) is 10.9 Å². The van der Waals surface area contributed by atoms with Gasteiger partial charge in [0.1, 0.15) is 0 Å². The molecular formula is C11H13BrN4. The van der Waals surface area contributed by atoms with Gasteiger partial charge in [0.05, 0.1) is 5.69 Å². The van der Waals surface area contributed by atoms with Crippen LogP contribution in [0.2, 0.25) is 0 Å². The molecule has 1 aromatic carbocycles. The summed E-state index contributed by atoms with van der Waals surface area (Å²) in [6, 6.07) is 6.11. The molecule has 0 saturated heterocycles. The quantitative estimate of drug-likeness (QED) is 0.868. The number of nitrogens with zero attached hydrogens (tertiary/aromatic N) is 4. The topological polar surface area (TPSA) is 43.6 Å². The van der Waals surface area contributed by atoms with Crippen molar-refractivity contribution in [2.24, 2.45) is 0 Å². The van der Waals surface area contributed by atoms with E-state index in [-0.39, 0.29) is 0 Å². The third-order valence-corrected chi connectivity index (χ3v) is 3.26. The molecule has 0 aliphatic heterocycles. The summed E-state index contributed by atoms with van der Waals surface area (Å²) in [6.45, 7) is 4.17. The molecule has 0 atom stereocenters. The highest BCUT2D eigenvalue weighted by molar-refractivity contribution is 9.10. The second-order valence-corrected chi connectivity index (χ2v) is 4.54. The van der Waals surface area contributed by atoms with Gasteiger partial charge in [-0.15, -0.1) is 5.10 Å². The maximum absolute atomic E-state index is 4.02. The first-order valence-electron chi connectivity index (χ1n) is 5.26. The van der Waals surface area contributed by atoms with Gasteiger partial charge in [-0.2, -0.15) is 4.68 Å². The Morgan fingerprint density at radius 3 is 2.88 bits per heavy atom. The van der Waals surface area contributed by atoms with Crippen molar-refractivity contribution in [1.29, 1.82) is 0 Å². The highest BCUT2D eigenvalue weighted by atomic mass is 79.9. The van der Waals surface area contributed by atoms with Gasteiger partial charge in [-0.3, -0.25) is 0 Å². The molecule has 84 valence electrons. The molecule has 0 unspecified atom stereocenters. The molecule has 0 aliphatic rings. The molecule has 1 heterocycles. The second-order valence-electron chi connectivity index (χ2n) is 3.69. The minimum absolute atomic E-state index is 0.887. The lowest BCUT2D eigenvalue weighted by atomic mass is 10.2. The highest BCUT2D eigenvalue weighted by Gasteiger charge is 2.07. The zero-order valence-electron chi connectivity index (χ0n) is 9.31. The number of tetrazole rings is 1. The van der Waals surface area contributed by atoms with Gasteiger partial charge >= 0.3 is 0 Å². The van der Waals surface area contributed by atoms with E-state index in [1.165, 1.54) is 5.56 Å². The molecule has 0 N–H and O–H groups in total. The summed E-state index contributed by atoms with van der Waals surface area (Å²) in [4.78, 5) is 0. The van der Waals surface area contributed by atoms with E-state index in [1.807, 2.05) is 12.1 Å². The average molecular weight is 281 g/mol. The molecule has 0 aliphatic carbocycles. The van der Waals surface area contributed by atoms with Gasteiger partial charge in [-0.05, 0) is 41.5 Å². The van der Waals surface area contributed by atoms with E-state index in [4.69, 9.17) is 0 Å². The van der Waals surface area contributed by atoms with Crippen LogP contribution in [0.4, 0.5) is 0 Å². The summed E-state index contributed by atoms with van der Waals surface area (Å²) < 4.78 is 2.86. The lowest BCUT2D eigenvalue weighted by Gasteiger charge is -2.05. The van der Waals surface area contributed by atoms with Crippen LogP contribution < -0.4 is 0 Å². The van der Waals surface area contributed by atoms with Crippen LogP contribution in [0.1, 0.15) is 24.7 Å². The fourth-order valence-electron chi connectivity index (χ4n) is 1.50. The van der Waals surface area contributed by atoms with Crippen molar-refractivity contribution in [3.05, 3.63) is 34.1 Å². The fraction of sp³-hybridized carbons (Fsp3) is 0.364. The zero-order chi connectivity index (χ0) is 11.5. The maximum atomic E-state index is 4.02. The van der Waals surface area contributed by atoms with E-state index in [9.17, 15) is 0 Å². The fourth-order valence-corrected chi connectivity index (χ4v) is 1.87. The van der Waals surface area contributed by atoms with E-state index in [0.29, 0.717) is 0 Å². The van der Waals surface area contributed by atoms with Gasteiger partial charge in [0.15, 0.2) is 5.82 Å². The summed E-state index contributed by atoms with van der Waals surface area (Å²) in [5, 5.41) is 11.7. The van der Waals surface area contributed by atoms with Crippen molar-refractivity contribution in [3.8, 4) is 5.69 Å². The molecule has 0 amide bonds. The minimum atomic E-state index is 0.887. The third-order valence-electron chi connectivity index (χ3n) is 2.41. The van der Waals surface area contributed by atoms with E-state index in [0.717, 1.165) is 28.8 Å². The first kappa shape index (κ1) is 11.3. The van der Waals surface area contributed by atoms with E-state index < -0.39 is 0 Å². The Balaban J connectivity index is 2.42. The van der Waals surface area contributed by atoms with Crippen molar-refractivity contribution in [2.75, 3.05) is 0 Å². The number of aryl methyl sites for hydroxylation is 2. The van der Waals surface area contributed by atoms with Crippen LogP contribution >= 0.6 is 15.9 Å². The van der Waals surface area contributed by atoms with Crippen LogP contribution in [0.25, 0.3) is 5.69 Å². The molecule has 0 radical (unpaired) electrons. The Morgan fingerprint density at radius 2 is 2.19 bits per heavy atom. The molecule has 2 aromatic rings. The van der Waals surface area contributed by atoms with Crippen LogP contribution in [0.5, 0.6) is 0 Å². The SMILES string of the molecule is CCCc1nnnn1-c1ccc(C)c(Br)c1.